The maximum absolute atomic E-state index is 12.6. The molecule has 0 aliphatic heterocycles. The van der Waals surface area contributed by atoms with Crippen molar-refractivity contribution in [3.8, 4) is 0 Å². The number of ether oxygens (including phenoxy) is 1. The van der Waals surface area contributed by atoms with Gasteiger partial charge in [-0.2, -0.15) is 0 Å². The third-order valence-corrected chi connectivity index (χ3v) is 3.60. The molecule has 1 heterocycles. The Balaban J connectivity index is 2.21. The van der Waals surface area contributed by atoms with Crippen LogP contribution in [0.25, 0.3) is 0 Å². The average Bonchev–Trinajstić information content (AvgIpc) is 2.50. The lowest BCUT2D eigenvalue weighted by atomic mass is 10.0. The van der Waals surface area contributed by atoms with Crippen molar-refractivity contribution in [3.63, 3.8) is 0 Å². The maximum Gasteiger partial charge on any atom is 0.274 e. The molecule has 0 aliphatic carbocycles. The highest BCUT2D eigenvalue weighted by molar-refractivity contribution is 6.04. The zero-order valence-electron chi connectivity index (χ0n) is 14.9. The van der Waals surface area contributed by atoms with Gasteiger partial charge in [-0.3, -0.25) is 4.79 Å². The Morgan fingerprint density at radius 3 is 2.38 bits per heavy atom. The minimum atomic E-state index is -0.245. The summed E-state index contributed by atoms with van der Waals surface area (Å²) in [6, 6.07) is 5.74. The largest absolute Gasteiger partial charge is 0.383 e. The highest BCUT2D eigenvalue weighted by Crippen LogP contribution is 2.22. The first-order valence-electron chi connectivity index (χ1n) is 7.88. The Kier molecular flexibility index (Phi) is 5.87. The molecule has 0 atom stereocenters. The summed E-state index contributed by atoms with van der Waals surface area (Å²) in [5, 5.41) is 6.08. The molecule has 0 unspecified atom stereocenters. The van der Waals surface area contributed by atoms with Crippen molar-refractivity contribution in [2.45, 2.75) is 27.7 Å². The molecule has 6 nitrogen and oxygen atoms in total. The van der Waals surface area contributed by atoms with Gasteiger partial charge in [0.05, 0.1) is 6.61 Å². The third kappa shape index (κ3) is 4.52. The van der Waals surface area contributed by atoms with Crippen molar-refractivity contribution < 1.29 is 9.53 Å². The number of aromatic nitrogens is 2. The van der Waals surface area contributed by atoms with Crippen LogP contribution in [0.15, 0.2) is 18.2 Å². The van der Waals surface area contributed by atoms with E-state index in [1.54, 1.807) is 20.1 Å². The molecule has 6 heteroatoms. The van der Waals surface area contributed by atoms with E-state index in [0.29, 0.717) is 30.5 Å². The van der Waals surface area contributed by atoms with Crippen LogP contribution in [0.4, 0.5) is 11.5 Å². The standard InChI is InChI=1S/C18H24N4O2/c1-11-8-12(2)17(13(3)9-11)22-18(23)15-10-16(19-6-7-24-5)21-14(4)20-15/h8-10H,6-7H2,1-5H3,(H,22,23)(H,19,20,21). The van der Waals surface area contributed by atoms with Gasteiger partial charge in [0.15, 0.2) is 0 Å². The fraction of sp³-hybridized carbons (Fsp3) is 0.389. The molecule has 0 aliphatic rings. The first kappa shape index (κ1) is 17.9. The van der Waals surface area contributed by atoms with E-state index < -0.39 is 0 Å². The van der Waals surface area contributed by atoms with E-state index in [-0.39, 0.29) is 5.91 Å². The van der Waals surface area contributed by atoms with Crippen LogP contribution in [-0.4, -0.2) is 36.1 Å². The van der Waals surface area contributed by atoms with Crippen LogP contribution in [0, 0.1) is 27.7 Å². The highest BCUT2D eigenvalue weighted by Gasteiger charge is 2.13. The number of carbonyl (C=O) groups excluding carboxylic acids is 1. The minimum Gasteiger partial charge on any atom is -0.383 e. The summed E-state index contributed by atoms with van der Waals surface area (Å²) in [7, 11) is 1.64. The van der Waals surface area contributed by atoms with Crippen molar-refractivity contribution in [2.75, 3.05) is 30.9 Å². The van der Waals surface area contributed by atoms with Gasteiger partial charge in [-0.15, -0.1) is 0 Å². The van der Waals surface area contributed by atoms with Gasteiger partial charge in [-0.1, -0.05) is 17.7 Å². The number of hydrogen-bond donors (Lipinski definition) is 2. The number of nitrogens with one attached hydrogen (secondary N) is 2. The minimum absolute atomic E-state index is 0.245. The molecule has 2 rings (SSSR count). The van der Waals surface area contributed by atoms with E-state index in [1.807, 2.05) is 32.9 Å². The van der Waals surface area contributed by atoms with Crippen LogP contribution in [0.1, 0.15) is 33.0 Å². The molecule has 0 fully saturated rings. The van der Waals surface area contributed by atoms with Gasteiger partial charge in [0, 0.05) is 25.4 Å². The zero-order chi connectivity index (χ0) is 17.7. The lowest BCUT2D eigenvalue weighted by Crippen LogP contribution is -2.18. The number of methoxy groups -OCH3 is 1. The molecule has 1 amide bonds. The van der Waals surface area contributed by atoms with E-state index in [4.69, 9.17) is 4.74 Å². The SMILES string of the molecule is COCCNc1cc(C(=O)Nc2c(C)cc(C)cc2C)nc(C)n1. The molecule has 0 saturated carbocycles. The summed E-state index contributed by atoms with van der Waals surface area (Å²) in [5.41, 5.74) is 4.40. The van der Waals surface area contributed by atoms with Crippen LogP contribution in [0.2, 0.25) is 0 Å². The van der Waals surface area contributed by atoms with Gasteiger partial charge in [0.1, 0.15) is 17.3 Å². The van der Waals surface area contributed by atoms with Gasteiger partial charge in [0.25, 0.3) is 5.91 Å². The van der Waals surface area contributed by atoms with E-state index in [1.165, 1.54) is 5.56 Å². The molecular formula is C18H24N4O2. The highest BCUT2D eigenvalue weighted by atomic mass is 16.5. The summed E-state index contributed by atoms with van der Waals surface area (Å²) in [6.45, 7) is 8.95. The first-order chi connectivity index (χ1) is 11.4. The number of rotatable bonds is 6. The number of anilines is 2. The van der Waals surface area contributed by atoms with Gasteiger partial charge in [-0.05, 0) is 38.8 Å². The zero-order valence-corrected chi connectivity index (χ0v) is 14.9. The quantitative estimate of drug-likeness (QED) is 0.797. The van der Waals surface area contributed by atoms with Crippen LogP contribution in [0.5, 0.6) is 0 Å². The molecule has 0 spiro atoms. The molecule has 128 valence electrons. The molecule has 2 N–H and O–H groups in total. The normalized spacial score (nSPS) is 10.5. The summed E-state index contributed by atoms with van der Waals surface area (Å²) >= 11 is 0. The van der Waals surface area contributed by atoms with Gasteiger partial charge >= 0.3 is 0 Å². The van der Waals surface area contributed by atoms with E-state index in [2.05, 4.69) is 20.6 Å². The van der Waals surface area contributed by atoms with Crippen molar-refractivity contribution in [3.05, 3.63) is 46.4 Å². The van der Waals surface area contributed by atoms with Gasteiger partial charge in [-0.25, -0.2) is 9.97 Å². The van der Waals surface area contributed by atoms with Crippen molar-refractivity contribution in [2.24, 2.45) is 0 Å². The van der Waals surface area contributed by atoms with E-state index >= 15 is 0 Å². The fourth-order valence-electron chi connectivity index (χ4n) is 2.61. The second-order valence-corrected chi connectivity index (χ2v) is 5.83. The molecule has 1 aromatic carbocycles. The lowest BCUT2D eigenvalue weighted by Gasteiger charge is -2.13. The van der Waals surface area contributed by atoms with Crippen molar-refractivity contribution >= 4 is 17.4 Å². The van der Waals surface area contributed by atoms with Crippen LogP contribution in [0.3, 0.4) is 0 Å². The molecular weight excluding hydrogens is 304 g/mol. The molecule has 2 aromatic rings. The topological polar surface area (TPSA) is 76.1 Å². The Hall–Kier alpha value is -2.47. The lowest BCUT2D eigenvalue weighted by molar-refractivity contribution is 0.102. The maximum atomic E-state index is 12.6. The van der Waals surface area contributed by atoms with Crippen LogP contribution >= 0.6 is 0 Å². The number of amides is 1. The smallest absolute Gasteiger partial charge is 0.274 e. The monoisotopic (exact) mass is 328 g/mol. The first-order valence-corrected chi connectivity index (χ1v) is 7.88. The average molecular weight is 328 g/mol. The second-order valence-electron chi connectivity index (χ2n) is 5.83. The van der Waals surface area contributed by atoms with Crippen molar-refractivity contribution in [1.29, 1.82) is 0 Å². The van der Waals surface area contributed by atoms with Crippen LogP contribution in [-0.2, 0) is 4.74 Å². The number of carbonyl (C=O) groups is 1. The van der Waals surface area contributed by atoms with Gasteiger partial charge < -0.3 is 15.4 Å². The predicted molar refractivity (Wildman–Crippen MR) is 95.7 cm³/mol. The molecule has 0 saturated heterocycles. The van der Waals surface area contributed by atoms with E-state index in [9.17, 15) is 4.79 Å². The molecule has 1 aromatic heterocycles. The number of nitrogens with zero attached hydrogens (tertiary/aromatic N) is 2. The Morgan fingerprint density at radius 1 is 1.08 bits per heavy atom. The second kappa shape index (κ2) is 7.88. The van der Waals surface area contributed by atoms with E-state index in [0.717, 1.165) is 16.8 Å². The Bertz CT molecular complexity index is 721. The Labute approximate surface area is 142 Å². The number of aryl methyl sites for hydroxylation is 4. The predicted octanol–water partition coefficient (Wildman–Crippen LogP) is 3.02. The molecule has 24 heavy (non-hydrogen) atoms. The summed E-state index contributed by atoms with van der Waals surface area (Å²) in [5.74, 6) is 0.910. The third-order valence-electron chi connectivity index (χ3n) is 3.60. The number of benzene rings is 1. The van der Waals surface area contributed by atoms with Gasteiger partial charge in [0.2, 0.25) is 0 Å². The summed E-state index contributed by atoms with van der Waals surface area (Å²) in [4.78, 5) is 21.1. The molecule has 0 radical (unpaired) electrons. The fourth-order valence-corrected chi connectivity index (χ4v) is 2.61. The summed E-state index contributed by atoms with van der Waals surface area (Å²) in [6.07, 6.45) is 0. The number of hydrogen-bond acceptors (Lipinski definition) is 5. The molecule has 0 bridgehead atoms. The van der Waals surface area contributed by atoms with Crippen molar-refractivity contribution in [1.82, 2.24) is 9.97 Å². The summed E-state index contributed by atoms with van der Waals surface area (Å²) < 4.78 is 5.00. The van der Waals surface area contributed by atoms with Crippen LogP contribution < -0.4 is 10.6 Å². The Morgan fingerprint density at radius 2 is 1.75 bits per heavy atom.